The number of nitrogen functional groups attached to an aromatic ring is 1. The zero-order valence-electron chi connectivity index (χ0n) is 9.02. The summed E-state index contributed by atoms with van der Waals surface area (Å²) in [6, 6.07) is 7.31. The largest absolute Gasteiger partial charge is 0.437 e. The van der Waals surface area contributed by atoms with Crippen molar-refractivity contribution in [1.82, 2.24) is 4.98 Å². The lowest BCUT2D eigenvalue weighted by molar-refractivity contribution is 0.460. The summed E-state index contributed by atoms with van der Waals surface area (Å²) >= 11 is 5.55. The Kier molecular flexibility index (Phi) is 3.31. The molecule has 1 heterocycles. The maximum absolute atomic E-state index is 13.2. The predicted molar refractivity (Wildman–Crippen MR) is 64.8 cm³/mol. The summed E-state index contributed by atoms with van der Waals surface area (Å²) in [6.07, 6.45) is 1.32. The average molecular weight is 264 g/mol. The van der Waals surface area contributed by atoms with Gasteiger partial charge in [-0.15, -0.1) is 0 Å². The van der Waals surface area contributed by atoms with E-state index in [9.17, 15) is 4.39 Å². The lowest BCUT2D eigenvalue weighted by Gasteiger charge is -2.07. The number of hydrogen-bond acceptors (Lipinski definition) is 4. The van der Waals surface area contributed by atoms with Crippen LogP contribution in [0.15, 0.2) is 30.5 Å². The third kappa shape index (κ3) is 2.50. The van der Waals surface area contributed by atoms with Crippen LogP contribution in [-0.4, -0.2) is 4.98 Å². The van der Waals surface area contributed by atoms with Crippen molar-refractivity contribution in [2.45, 2.75) is 0 Å². The molecule has 0 bridgehead atoms. The molecule has 0 aliphatic carbocycles. The van der Waals surface area contributed by atoms with E-state index in [1.165, 1.54) is 24.4 Å². The zero-order chi connectivity index (χ0) is 13.1. The average Bonchev–Trinajstić information content (AvgIpc) is 2.36. The zero-order valence-corrected chi connectivity index (χ0v) is 9.78. The van der Waals surface area contributed by atoms with Crippen LogP contribution in [0.5, 0.6) is 11.6 Å². The summed E-state index contributed by atoms with van der Waals surface area (Å²) in [7, 11) is 0. The molecule has 1 aromatic carbocycles. The number of anilines is 1. The van der Waals surface area contributed by atoms with E-state index in [1.807, 2.05) is 6.07 Å². The number of hydrogen-bond donors (Lipinski definition) is 1. The van der Waals surface area contributed by atoms with Gasteiger partial charge in [0.1, 0.15) is 17.6 Å². The van der Waals surface area contributed by atoms with Crippen LogP contribution in [0.4, 0.5) is 10.1 Å². The van der Waals surface area contributed by atoms with Crippen molar-refractivity contribution in [2.75, 3.05) is 5.73 Å². The minimum absolute atomic E-state index is 0.00288. The van der Waals surface area contributed by atoms with E-state index < -0.39 is 5.82 Å². The highest BCUT2D eigenvalue weighted by atomic mass is 35.5. The van der Waals surface area contributed by atoms with Gasteiger partial charge in [-0.25, -0.2) is 9.37 Å². The second-order valence-corrected chi connectivity index (χ2v) is 3.82. The molecule has 0 aliphatic heterocycles. The van der Waals surface area contributed by atoms with Crippen molar-refractivity contribution >= 4 is 17.3 Å². The predicted octanol–water partition coefficient (Wildman–Crippen LogP) is 3.12. The molecule has 4 nitrogen and oxygen atoms in total. The maximum Gasteiger partial charge on any atom is 0.242 e. The minimum Gasteiger partial charge on any atom is -0.437 e. The lowest BCUT2D eigenvalue weighted by atomic mass is 10.3. The molecule has 6 heteroatoms. The highest BCUT2D eigenvalue weighted by Gasteiger charge is 2.07. The molecule has 0 aliphatic rings. The van der Waals surface area contributed by atoms with Crippen LogP contribution in [0.2, 0.25) is 5.02 Å². The fourth-order valence-corrected chi connectivity index (χ4v) is 1.39. The van der Waals surface area contributed by atoms with Gasteiger partial charge in [-0.2, -0.15) is 5.26 Å². The Labute approximate surface area is 107 Å². The van der Waals surface area contributed by atoms with E-state index in [2.05, 4.69) is 4.98 Å². The van der Waals surface area contributed by atoms with E-state index in [0.717, 1.165) is 6.07 Å². The monoisotopic (exact) mass is 263 g/mol. The summed E-state index contributed by atoms with van der Waals surface area (Å²) in [4.78, 5) is 3.87. The number of nitriles is 1. The molecule has 2 aromatic rings. The Morgan fingerprint density at radius 1 is 1.39 bits per heavy atom. The van der Waals surface area contributed by atoms with Gasteiger partial charge in [0.2, 0.25) is 5.88 Å². The van der Waals surface area contributed by atoms with Gasteiger partial charge in [0.15, 0.2) is 0 Å². The summed E-state index contributed by atoms with van der Waals surface area (Å²) in [5.74, 6) is -0.266. The second-order valence-electron chi connectivity index (χ2n) is 3.41. The van der Waals surface area contributed by atoms with Crippen LogP contribution in [0.1, 0.15) is 5.56 Å². The van der Waals surface area contributed by atoms with Crippen molar-refractivity contribution < 1.29 is 9.13 Å². The number of benzene rings is 1. The van der Waals surface area contributed by atoms with Crippen molar-refractivity contribution in [3.8, 4) is 17.7 Å². The van der Waals surface area contributed by atoms with Gasteiger partial charge in [-0.3, -0.25) is 0 Å². The molecule has 0 spiro atoms. The number of ether oxygens (including phenoxy) is 1. The Balaban J connectivity index is 2.29. The van der Waals surface area contributed by atoms with Gasteiger partial charge in [-0.05, 0) is 18.2 Å². The minimum atomic E-state index is -0.596. The first-order valence-corrected chi connectivity index (χ1v) is 5.26. The van der Waals surface area contributed by atoms with Gasteiger partial charge in [0.25, 0.3) is 0 Å². The van der Waals surface area contributed by atoms with Crippen molar-refractivity contribution in [1.29, 1.82) is 5.26 Å². The Hall–Kier alpha value is -2.32. The van der Waals surface area contributed by atoms with E-state index in [4.69, 9.17) is 27.3 Å². The van der Waals surface area contributed by atoms with Crippen LogP contribution in [0.25, 0.3) is 0 Å². The summed E-state index contributed by atoms with van der Waals surface area (Å²) in [5, 5.41) is 8.66. The van der Waals surface area contributed by atoms with E-state index in [1.54, 1.807) is 0 Å². The van der Waals surface area contributed by atoms with Crippen LogP contribution in [-0.2, 0) is 0 Å². The fourth-order valence-electron chi connectivity index (χ4n) is 1.27. The number of pyridine rings is 1. The SMILES string of the molecule is N#Cc1cnc(Oc2ccc(Cl)c(F)c2)c(N)c1. The molecule has 18 heavy (non-hydrogen) atoms. The second kappa shape index (κ2) is 4.90. The summed E-state index contributed by atoms with van der Waals surface area (Å²) in [5.41, 5.74) is 6.17. The highest BCUT2D eigenvalue weighted by molar-refractivity contribution is 6.30. The van der Waals surface area contributed by atoms with Gasteiger partial charge < -0.3 is 10.5 Å². The molecule has 0 radical (unpaired) electrons. The van der Waals surface area contributed by atoms with Gasteiger partial charge in [-0.1, -0.05) is 11.6 Å². The summed E-state index contributed by atoms with van der Waals surface area (Å²) in [6.45, 7) is 0. The lowest BCUT2D eigenvalue weighted by Crippen LogP contribution is -1.96. The van der Waals surface area contributed by atoms with Crippen molar-refractivity contribution in [2.24, 2.45) is 0 Å². The molecule has 0 saturated heterocycles. The van der Waals surface area contributed by atoms with Crippen LogP contribution in [0.3, 0.4) is 0 Å². The number of nitrogens with zero attached hydrogens (tertiary/aromatic N) is 2. The molecular weight excluding hydrogens is 257 g/mol. The summed E-state index contributed by atoms with van der Waals surface area (Å²) < 4.78 is 18.5. The van der Waals surface area contributed by atoms with Crippen molar-refractivity contribution in [3.05, 3.63) is 46.9 Å². The normalized spacial score (nSPS) is 9.83. The van der Waals surface area contributed by atoms with Gasteiger partial charge in [0, 0.05) is 12.3 Å². The van der Waals surface area contributed by atoms with Gasteiger partial charge >= 0.3 is 0 Å². The first-order valence-electron chi connectivity index (χ1n) is 4.88. The molecule has 90 valence electrons. The first-order chi connectivity index (χ1) is 8.60. The van der Waals surface area contributed by atoms with Crippen LogP contribution >= 0.6 is 11.6 Å². The van der Waals surface area contributed by atoms with Crippen LogP contribution < -0.4 is 10.5 Å². The molecule has 0 amide bonds. The molecule has 0 atom stereocenters. The Bertz CT molecular complexity index is 640. The van der Waals surface area contributed by atoms with Crippen molar-refractivity contribution in [3.63, 3.8) is 0 Å². The highest BCUT2D eigenvalue weighted by Crippen LogP contribution is 2.27. The molecule has 0 saturated carbocycles. The molecule has 2 rings (SSSR count). The molecule has 2 N–H and O–H groups in total. The Morgan fingerprint density at radius 2 is 2.17 bits per heavy atom. The number of halogens is 2. The maximum atomic E-state index is 13.2. The van der Waals surface area contributed by atoms with E-state index in [-0.39, 0.29) is 22.3 Å². The van der Waals surface area contributed by atoms with E-state index >= 15 is 0 Å². The van der Waals surface area contributed by atoms with Gasteiger partial charge in [0.05, 0.1) is 16.3 Å². The Morgan fingerprint density at radius 3 is 2.78 bits per heavy atom. The number of aromatic nitrogens is 1. The standard InChI is InChI=1S/C12H7ClFN3O/c13-9-2-1-8(4-10(9)14)18-12-11(16)3-7(5-15)6-17-12/h1-4,6H,16H2. The third-order valence-electron chi connectivity index (χ3n) is 2.11. The fraction of sp³-hybridized carbons (Fsp3) is 0. The van der Waals surface area contributed by atoms with Crippen LogP contribution in [0, 0.1) is 17.1 Å². The smallest absolute Gasteiger partial charge is 0.242 e. The first kappa shape index (κ1) is 12.1. The van der Waals surface area contributed by atoms with E-state index in [0.29, 0.717) is 5.56 Å². The quantitative estimate of drug-likeness (QED) is 0.903. The topological polar surface area (TPSA) is 71.9 Å². The molecular formula is C12H7ClFN3O. The third-order valence-corrected chi connectivity index (χ3v) is 2.42. The molecule has 0 unspecified atom stereocenters. The number of nitrogens with two attached hydrogens (primary N) is 1. The molecule has 0 fully saturated rings. The number of rotatable bonds is 2. The molecule has 1 aromatic heterocycles.